The predicted molar refractivity (Wildman–Crippen MR) is 110 cm³/mol. The highest BCUT2D eigenvalue weighted by molar-refractivity contribution is 9.10. The molecule has 0 radical (unpaired) electrons. The van der Waals surface area contributed by atoms with Gasteiger partial charge in [-0.2, -0.15) is 0 Å². The molecule has 1 atom stereocenters. The van der Waals surface area contributed by atoms with Crippen molar-refractivity contribution >= 4 is 33.3 Å². The SMILES string of the molecule is COc1ccc(NC(C)=C2C(=O)C(=O)N(CCO)C2c2ccc(Br)cc2)cc1. The number of nitrogens with zero attached hydrogens (tertiary/aromatic N) is 1. The van der Waals surface area contributed by atoms with Crippen LogP contribution in [0.3, 0.4) is 0 Å². The fraction of sp³-hybridized carbons (Fsp3) is 0.238. The number of hydrogen-bond acceptors (Lipinski definition) is 5. The maximum absolute atomic E-state index is 12.8. The molecule has 1 heterocycles. The van der Waals surface area contributed by atoms with E-state index in [1.165, 1.54) is 4.90 Å². The van der Waals surface area contributed by atoms with Crippen LogP contribution in [0.5, 0.6) is 5.75 Å². The van der Waals surface area contributed by atoms with Crippen LogP contribution < -0.4 is 10.1 Å². The number of halogens is 1. The molecule has 0 aromatic heterocycles. The Bertz CT molecular complexity index is 907. The number of amides is 1. The van der Waals surface area contributed by atoms with Crippen LogP contribution in [-0.2, 0) is 9.59 Å². The Balaban J connectivity index is 2.02. The first-order valence-electron chi connectivity index (χ1n) is 8.79. The lowest BCUT2D eigenvalue weighted by atomic mass is 9.97. The Morgan fingerprint density at radius 3 is 2.36 bits per heavy atom. The number of methoxy groups -OCH3 is 1. The van der Waals surface area contributed by atoms with Gasteiger partial charge in [-0.05, 0) is 48.9 Å². The Labute approximate surface area is 171 Å². The maximum atomic E-state index is 12.8. The van der Waals surface area contributed by atoms with Gasteiger partial charge in [0.1, 0.15) is 5.75 Å². The second kappa shape index (κ2) is 8.58. The first-order valence-corrected chi connectivity index (χ1v) is 9.59. The van der Waals surface area contributed by atoms with Gasteiger partial charge in [-0.1, -0.05) is 28.1 Å². The van der Waals surface area contributed by atoms with Crippen molar-refractivity contribution in [3.8, 4) is 5.75 Å². The average molecular weight is 445 g/mol. The third-order valence-corrected chi connectivity index (χ3v) is 5.17. The molecule has 1 unspecified atom stereocenters. The van der Waals surface area contributed by atoms with Gasteiger partial charge < -0.3 is 20.1 Å². The molecule has 0 saturated carbocycles. The van der Waals surface area contributed by atoms with Crippen molar-refractivity contribution in [1.82, 2.24) is 4.90 Å². The normalized spacial score (nSPS) is 18.4. The molecule has 1 aliphatic heterocycles. The fourth-order valence-electron chi connectivity index (χ4n) is 3.31. The van der Waals surface area contributed by atoms with Gasteiger partial charge in [0, 0.05) is 22.4 Å². The number of carbonyl (C=O) groups excluding carboxylic acids is 2. The minimum Gasteiger partial charge on any atom is -0.497 e. The lowest BCUT2D eigenvalue weighted by Gasteiger charge is -2.25. The van der Waals surface area contributed by atoms with E-state index in [2.05, 4.69) is 21.2 Å². The van der Waals surface area contributed by atoms with Gasteiger partial charge in [0.05, 0.1) is 25.3 Å². The number of hydrogen-bond donors (Lipinski definition) is 2. The van der Waals surface area contributed by atoms with Gasteiger partial charge in [0.15, 0.2) is 0 Å². The van der Waals surface area contributed by atoms with Gasteiger partial charge in [-0.25, -0.2) is 0 Å². The van der Waals surface area contributed by atoms with E-state index >= 15 is 0 Å². The number of aliphatic hydroxyl groups is 1. The van der Waals surface area contributed by atoms with Crippen molar-refractivity contribution in [3.63, 3.8) is 0 Å². The molecule has 2 aromatic carbocycles. The third-order valence-electron chi connectivity index (χ3n) is 4.64. The molecular formula is C21H21BrN2O4. The summed E-state index contributed by atoms with van der Waals surface area (Å²) < 4.78 is 6.06. The molecular weight excluding hydrogens is 424 g/mol. The number of carbonyl (C=O) groups is 2. The number of rotatable bonds is 6. The third kappa shape index (κ3) is 3.95. The second-order valence-electron chi connectivity index (χ2n) is 6.40. The zero-order valence-electron chi connectivity index (χ0n) is 15.6. The van der Waals surface area contributed by atoms with Crippen LogP contribution in [-0.4, -0.2) is 42.0 Å². The van der Waals surface area contributed by atoms with Gasteiger partial charge in [0.2, 0.25) is 0 Å². The molecule has 0 bridgehead atoms. The summed E-state index contributed by atoms with van der Waals surface area (Å²) in [5, 5.41) is 12.6. The number of aliphatic hydroxyl groups excluding tert-OH is 1. The van der Waals surface area contributed by atoms with E-state index in [1.54, 1.807) is 14.0 Å². The molecule has 0 aliphatic carbocycles. The zero-order valence-corrected chi connectivity index (χ0v) is 17.2. The maximum Gasteiger partial charge on any atom is 0.295 e. The number of likely N-dealkylation sites (tertiary alicyclic amines) is 1. The second-order valence-corrected chi connectivity index (χ2v) is 7.31. The summed E-state index contributed by atoms with van der Waals surface area (Å²) in [5.74, 6) is -0.433. The highest BCUT2D eigenvalue weighted by Crippen LogP contribution is 2.38. The van der Waals surface area contributed by atoms with Crippen molar-refractivity contribution in [3.05, 3.63) is 69.8 Å². The van der Waals surface area contributed by atoms with Crippen LogP contribution in [0.4, 0.5) is 5.69 Å². The Morgan fingerprint density at radius 1 is 1.14 bits per heavy atom. The van der Waals surface area contributed by atoms with Crippen molar-refractivity contribution < 1.29 is 19.4 Å². The monoisotopic (exact) mass is 444 g/mol. The highest BCUT2D eigenvalue weighted by atomic mass is 79.9. The lowest BCUT2D eigenvalue weighted by Crippen LogP contribution is -2.32. The largest absolute Gasteiger partial charge is 0.497 e. The number of benzene rings is 2. The van der Waals surface area contributed by atoms with E-state index in [0.29, 0.717) is 11.3 Å². The smallest absolute Gasteiger partial charge is 0.295 e. The number of ether oxygens (including phenoxy) is 1. The number of nitrogens with one attached hydrogen (secondary N) is 1. The molecule has 3 rings (SSSR count). The number of allylic oxidation sites excluding steroid dienone is 1. The Morgan fingerprint density at radius 2 is 1.79 bits per heavy atom. The topological polar surface area (TPSA) is 78.9 Å². The molecule has 6 nitrogen and oxygen atoms in total. The minimum absolute atomic E-state index is 0.0879. The van der Waals surface area contributed by atoms with E-state index in [4.69, 9.17) is 4.74 Å². The van der Waals surface area contributed by atoms with E-state index in [0.717, 1.165) is 21.5 Å². The summed E-state index contributed by atoms with van der Waals surface area (Å²) in [7, 11) is 1.59. The molecule has 2 aromatic rings. The standard InChI is InChI=1S/C21H21BrN2O4/c1-13(23-16-7-9-17(28-2)10-8-16)18-19(14-3-5-15(22)6-4-14)24(11-12-25)21(27)20(18)26/h3-10,19,23,25H,11-12H2,1-2H3. The number of ketones is 1. The number of Topliss-reactive ketones (excluding diaryl/α,β-unsaturated/α-hetero) is 1. The van der Waals surface area contributed by atoms with E-state index in [1.807, 2.05) is 48.5 Å². The first kappa shape index (κ1) is 20.1. The molecule has 1 aliphatic rings. The summed E-state index contributed by atoms with van der Waals surface area (Å²) in [6, 6.07) is 14.2. The van der Waals surface area contributed by atoms with Crippen LogP contribution >= 0.6 is 15.9 Å². The van der Waals surface area contributed by atoms with Crippen molar-refractivity contribution in [2.45, 2.75) is 13.0 Å². The van der Waals surface area contributed by atoms with Gasteiger partial charge in [-0.3, -0.25) is 9.59 Å². The van der Waals surface area contributed by atoms with Crippen molar-refractivity contribution in [1.29, 1.82) is 0 Å². The van der Waals surface area contributed by atoms with Crippen molar-refractivity contribution in [2.24, 2.45) is 0 Å². The minimum atomic E-state index is -0.604. The molecule has 28 heavy (non-hydrogen) atoms. The molecule has 146 valence electrons. The van der Waals surface area contributed by atoms with E-state index in [-0.39, 0.29) is 13.2 Å². The Hall–Kier alpha value is -2.64. The van der Waals surface area contributed by atoms with Crippen LogP contribution in [0, 0.1) is 0 Å². The molecule has 7 heteroatoms. The Kier molecular flexibility index (Phi) is 6.16. The van der Waals surface area contributed by atoms with Gasteiger partial charge in [0.25, 0.3) is 11.7 Å². The predicted octanol–water partition coefficient (Wildman–Crippen LogP) is 3.29. The summed E-state index contributed by atoms with van der Waals surface area (Å²) >= 11 is 3.40. The molecule has 0 spiro atoms. The fourth-order valence-corrected chi connectivity index (χ4v) is 3.57. The quantitative estimate of drug-likeness (QED) is 0.527. The highest BCUT2D eigenvalue weighted by Gasteiger charge is 2.44. The molecule has 1 amide bonds. The molecule has 1 saturated heterocycles. The van der Waals surface area contributed by atoms with Crippen LogP contribution in [0.15, 0.2) is 64.3 Å². The van der Waals surface area contributed by atoms with E-state index < -0.39 is 17.7 Å². The summed E-state index contributed by atoms with van der Waals surface area (Å²) in [6.45, 7) is 1.65. The van der Waals surface area contributed by atoms with E-state index in [9.17, 15) is 14.7 Å². The first-order chi connectivity index (χ1) is 13.5. The van der Waals surface area contributed by atoms with Gasteiger partial charge in [-0.15, -0.1) is 0 Å². The zero-order chi connectivity index (χ0) is 20.3. The van der Waals surface area contributed by atoms with Gasteiger partial charge >= 0.3 is 0 Å². The molecule has 2 N–H and O–H groups in total. The lowest BCUT2D eigenvalue weighted by molar-refractivity contribution is -0.140. The summed E-state index contributed by atoms with van der Waals surface area (Å²) in [5.41, 5.74) is 2.57. The van der Waals surface area contributed by atoms with Crippen molar-refractivity contribution in [2.75, 3.05) is 25.6 Å². The number of anilines is 1. The van der Waals surface area contributed by atoms with Crippen LogP contribution in [0.25, 0.3) is 0 Å². The summed E-state index contributed by atoms with van der Waals surface area (Å²) in [4.78, 5) is 26.8. The average Bonchev–Trinajstić information content (AvgIpc) is 2.94. The van der Waals surface area contributed by atoms with Crippen LogP contribution in [0.2, 0.25) is 0 Å². The van der Waals surface area contributed by atoms with Crippen LogP contribution in [0.1, 0.15) is 18.5 Å². The number of β-amino-alcohol motifs (C(OH)–C–C–N with tert-alkyl or cyclic N) is 1. The molecule has 1 fully saturated rings. The summed E-state index contributed by atoms with van der Waals surface area (Å²) in [6.07, 6.45) is 0.